The third kappa shape index (κ3) is 4.40. The number of halogens is 2. The van der Waals surface area contributed by atoms with Gasteiger partial charge in [0.1, 0.15) is 11.6 Å². The zero-order chi connectivity index (χ0) is 19.4. The number of fused-ring (bicyclic) bond motifs is 1. The molecule has 1 amide bonds. The number of rotatable bonds is 6. The Labute approximate surface area is 157 Å². The van der Waals surface area contributed by atoms with Crippen LogP contribution < -0.4 is 10.2 Å². The van der Waals surface area contributed by atoms with Crippen molar-refractivity contribution in [2.75, 3.05) is 18.0 Å². The largest absolute Gasteiger partial charge is 0.352 e. The van der Waals surface area contributed by atoms with Gasteiger partial charge in [0.2, 0.25) is 11.9 Å². The molecule has 0 fully saturated rings. The lowest BCUT2D eigenvalue weighted by Crippen LogP contribution is -2.34. The molecule has 1 N–H and O–H groups in total. The molecule has 1 aromatic carbocycles. The van der Waals surface area contributed by atoms with E-state index in [0.29, 0.717) is 19.3 Å². The smallest absolute Gasteiger partial charge is 0.225 e. The summed E-state index contributed by atoms with van der Waals surface area (Å²) in [6, 6.07) is 3.23. The predicted octanol–water partition coefficient (Wildman–Crippen LogP) is 3.02. The highest BCUT2D eigenvalue weighted by molar-refractivity contribution is 5.79. The summed E-state index contributed by atoms with van der Waals surface area (Å²) >= 11 is 0. The van der Waals surface area contributed by atoms with Gasteiger partial charge in [0, 0.05) is 43.0 Å². The van der Waals surface area contributed by atoms with Crippen LogP contribution in [-0.4, -0.2) is 29.0 Å². The molecule has 144 valence electrons. The normalized spacial score (nSPS) is 15.9. The number of aromatic nitrogens is 2. The summed E-state index contributed by atoms with van der Waals surface area (Å²) in [5.41, 5.74) is 2.12. The summed E-state index contributed by atoms with van der Waals surface area (Å²) in [4.78, 5) is 23.6. The number of nitrogens with one attached hydrogen (secondary N) is 1. The van der Waals surface area contributed by atoms with Gasteiger partial charge in [-0.2, -0.15) is 0 Å². The lowest BCUT2D eigenvalue weighted by molar-refractivity contribution is -0.125. The summed E-state index contributed by atoms with van der Waals surface area (Å²) in [5.74, 6) is -0.686. The molecule has 5 nitrogen and oxygen atoms in total. The molecule has 1 atom stereocenters. The Kier molecular flexibility index (Phi) is 5.98. The van der Waals surface area contributed by atoms with Crippen LogP contribution in [0.25, 0.3) is 0 Å². The second-order valence-electron chi connectivity index (χ2n) is 6.71. The van der Waals surface area contributed by atoms with Crippen molar-refractivity contribution in [3.63, 3.8) is 0 Å². The van der Waals surface area contributed by atoms with Crippen LogP contribution in [0.4, 0.5) is 14.7 Å². The zero-order valence-electron chi connectivity index (χ0n) is 15.6. The standard InChI is InChI=1S/C20H24F2N4O/c1-3-26(4-2)20-24-12-15-9-13(5-8-18(15)25-20)19(27)23-11-14-10-16(21)6-7-17(14)22/h6-7,10,12-13H,3-5,8-9,11H2,1-2H3,(H,23,27). The molecular formula is C20H24F2N4O. The molecule has 1 aliphatic rings. The fourth-order valence-corrected chi connectivity index (χ4v) is 3.39. The minimum Gasteiger partial charge on any atom is -0.352 e. The van der Waals surface area contributed by atoms with Crippen LogP contribution in [0.3, 0.4) is 0 Å². The van der Waals surface area contributed by atoms with Crippen molar-refractivity contribution < 1.29 is 13.6 Å². The third-order valence-electron chi connectivity index (χ3n) is 5.02. The maximum absolute atomic E-state index is 13.7. The summed E-state index contributed by atoms with van der Waals surface area (Å²) < 4.78 is 26.9. The van der Waals surface area contributed by atoms with Crippen molar-refractivity contribution in [2.45, 2.75) is 39.7 Å². The zero-order valence-corrected chi connectivity index (χ0v) is 15.6. The topological polar surface area (TPSA) is 58.1 Å². The fraction of sp³-hybridized carbons (Fsp3) is 0.450. The van der Waals surface area contributed by atoms with Crippen LogP contribution in [0, 0.1) is 17.6 Å². The summed E-state index contributed by atoms with van der Waals surface area (Å²) in [6.45, 7) is 5.79. The lowest BCUT2D eigenvalue weighted by Gasteiger charge is -2.25. The number of hydrogen-bond donors (Lipinski definition) is 1. The minimum atomic E-state index is -0.525. The number of hydrogen-bond acceptors (Lipinski definition) is 4. The maximum atomic E-state index is 13.7. The van der Waals surface area contributed by atoms with Crippen molar-refractivity contribution in [1.29, 1.82) is 0 Å². The van der Waals surface area contributed by atoms with E-state index in [4.69, 9.17) is 0 Å². The highest BCUT2D eigenvalue weighted by atomic mass is 19.1. The molecule has 0 aliphatic heterocycles. The van der Waals surface area contributed by atoms with Gasteiger partial charge in [0.15, 0.2) is 0 Å². The number of carbonyl (C=O) groups is 1. The second kappa shape index (κ2) is 8.41. The van der Waals surface area contributed by atoms with E-state index < -0.39 is 11.6 Å². The van der Waals surface area contributed by atoms with Crippen LogP contribution in [0.2, 0.25) is 0 Å². The molecule has 0 spiro atoms. The van der Waals surface area contributed by atoms with E-state index in [1.165, 1.54) is 0 Å². The van der Waals surface area contributed by atoms with Crippen molar-refractivity contribution in [3.8, 4) is 0 Å². The Morgan fingerprint density at radius 3 is 2.81 bits per heavy atom. The molecule has 0 radical (unpaired) electrons. The van der Waals surface area contributed by atoms with Crippen molar-refractivity contribution >= 4 is 11.9 Å². The van der Waals surface area contributed by atoms with Crippen LogP contribution in [0.15, 0.2) is 24.4 Å². The van der Waals surface area contributed by atoms with E-state index in [1.54, 1.807) is 0 Å². The van der Waals surface area contributed by atoms with Crippen LogP contribution in [-0.2, 0) is 24.2 Å². The Balaban J connectivity index is 1.63. The average Bonchev–Trinajstić information content (AvgIpc) is 2.69. The van der Waals surface area contributed by atoms with Crippen molar-refractivity contribution in [3.05, 3.63) is 52.9 Å². The van der Waals surface area contributed by atoms with Gasteiger partial charge in [0.25, 0.3) is 0 Å². The molecule has 0 saturated carbocycles. The molecule has 1 aromatic heterocycles. The Bertz CT molecular complexity index is 824. The molecule has 0 saturated heterocycles. The Morgan fingerprint density at radius 1 is 1.30 bits per heavy atom. The molecule has 27 heavy (non-hydrogen) atoms. The Morgan fingerprint density at radius 2 is 2.07 bits per heavy atom. The summed E-state index contributed by atoms with van der Waals surface area (Å²) in [5, 5.41) is 2.72. The molecule has 2 aromatic rings. The van der Waals surface area contributed by atoms with Gasteiger partial charge in [-0.15, -0.1) is 0 Å². The van der Waals surface area contributed by atoms with Gasteiger partial charge >= 0.3 is 0 Å². The van der Waals surface area contributed by atoms with E-state index in [2.05, 4.69) is 34.0 Å². The monoisotopic (exact) mass is 374 g/mol. The number of amides is 1. The highest BCUT2D eigenvalue weighted by Crippen LogP contribution is 2.25. The van der Waals surface area contributed by atoms with Gasteiger partial charge in [-0.3, -0.25) is 4.79 Å². The van der Waals surface area contributed by atoms with Crippen molar-refractivity contribution in [2.24, 2.45) is 5.92 Å². The molecule has 3 rings (SSSR count). The van der Waals surface area contributed by atoms with Gasteiger partial charge < -0.3 is 10.2 Å². The SMILES string of the molecule is CCN(CC)c1ncc2c(n1)CCC(C(=O)NCc1cc(F)ccc1F)C2. The Hall–Kier alpha value is -2.57. The first kappa shape index (κ1) is 19.2. The predicted molar refractivity (Wildman–Crippen MR) is 99.3 cm³/mol. The minimum absolute atomic E-state index is 0.0246. The first-order valence-corrected chi connectivity index (χ1v) is 9.33. The van der Waals surface area contributed by atoms with Crippen LogP contribution in [0.5, 0.6) is 0 Å². The van der Waals surface area contributed by atoms with Crippen LogP contribution in [0.1, 0.15) is 37.1 Å². The van der Waals surface area contributed by atoms with E-state index in [0.717, 1.165) is 48.5 Å². The fourth-order valence-electron chi connectivity index (χ4n) is 3.39. The lowest BCUT2D eigenvalue weighted by atomic mass is 9.86. The van der Waals surface area contributed by atoms with Gasteiger partial charge in [0.05, 0.1) is 0 Å². The average molecular weight is 374 g/mol. The highest BCUT2D eigenvalue weighted by Gasteiger charge is 2.26. The van der Waals surface area contributed by atoms with Gasteiger partial charge in [-0.25, -0.2) is 18.7 Å². The molecule has 0 bridgehead atoms. The number of anilines is 1. The number of benzene rings is 1. The van der Waals surface area contributed by atoms with E-state index in [9.17, 15) is 13.6 Å². The first-order chi connectivity index (χ1) is 13.0. The molecule has 1 heterocycles. The second-order valence-corrected chi connectivity index (χ2v) is 6.71. The van der Waals surface area contributed by atoms with E-state index in [-0.39, 0.29) is 23.9 Å². The molecule has 7 heteroatoms. The molecule has 1 unspecified atom stereocenters. The van der Waals surface area contributed by atoms with Gasteiger partial charge in [-0.05, 0) is 56.9 Å². The first-order valence-electron chi connectivity index (χ1n) is 9.33. The number of carbonyl (C=O) groups excluding carboxylic acids is 1. The number of nitrogens with zero attached hydrogens (tertiary/aromatic N) is 3. The van der Waals surface area contributed by atoms with E-state index in [1.807, 2.05) is 6.20 Å². The molecule has 1 aliphatic carbocycles. The van der Waals surface area contributed by atoms with Crippen LogP contribution >= 0.6 is 0 Å². The van der Waals surface area contributed by atoms with E-state index >= 15 is 0 Å². The van der Waals surface area contributed by atoms with Gasteiger partial charge in [-0.1, -0.05) is 0 Å². The molecular weight excluding hydrogens is 350 g/mol. The third-order valence-corrected chi connectivity index (χ3v) is 5.02. The quantitative estimate of drug-likeness (QED) is 0.844. The maximum Gasteiger partial charge on any atom is 0.225 e. The summed E-state index contributed by atoms with van der Waals surface area (Å²) in [7, 11) is 0. The number of aryl methyl sites for hydroxylation is 1. The summed E-state index contributed by atoms with van der Waals surface area (Å²) in [6.07, 6.45) is 3.75. The van der Waals surface area contributed by atoms with Crippen molar-refractivity contribution in [1.82, 2.24) is 15.3 Å².